The quantitative estimate of drug-likeness (QED) is 0.894. The molecule has 2 rings (SSSR count). The molecule has 0 aliphatic heterocycles. The van der Waals surface area contributed by atoms with Gasteiger partial charge in [0.15, 0.2) is 5.82 Å². The number of benzene rings is 1. The van der Waals surface area contributed by atoms with Gasteiger partial charge in [0.05, 0.1) is 6.10 Å². The van der Waals surface area contributed by atoms with Crippen molar-refractivity contribution in [2.24, 2.45) is 7.05 Å². The molecule has 0 aliphatic carbocycles. The van der Waals surface area contributed by atoms with Gasteiger partial charge in [-0.2, -0.15) is 0 Å². The van der Waals surface area contributed by atoms with Crippen LogP contribution >= 0.6 is 0 Å². The number of nitrogens with zero attached hydrogens (tertiary/aromatic N) is 3. The van der Waals surface area contributed by atoms with E-state index in [0.717, 1.165) is 17.0 Å². The van der Waals surface area contributed by atoms with E-state index in [1.807, 2.05) is 32.2 Å². The minimum Gasteiger partial charge on any atom is -0.485 e. The van der Waals surface area contributed by atoms with Crippen LogP contribution in [0.5, 0.6) is 5.75 Å². The fraction of sp³-hybridized carbons (Fsp3) is 0.385. The van der Waals surface area contributed by atoms with Gasteiger partial charge in [-0.25, -0.2) is 0 Å². The average Bonchev–Trinajstić information content (AvgIpc) is 2.72. The Kier molecular flexibility index (Phi) is 3.62. The molecule has 0 saturated carbocycles. The van der Waals surface area contributed by atoms with Gasteiger partial charge in [0, 0.05) is 12.6 Å². The smallest absolute Gasteiger partial charge is 0.170 e. The van der Waals surface area contributed by atoms with Crippen LogP contribution in [0.2, 0.25) is 0 Å². The third-order valence-corrected chi connectivity index (χ3v) is 2.78. The molecule has 0 aliphatic rings. The molecule has 5 nitrogen and oxygen atoms in total. The maximum absolute atomic E-state index is 9.69. The molecule has 96 valence electrons. The number of hydrogen-bond acceptors (Lipinski definition) is 4. The molecule has 1 aromatic carbocycles. The second-order valence-electron chi connectivity index (χ2n) is 4.36. The number of rotatable bonds is 4. The van der Waals surface area contributed by atoms with Gasteiger partial charge in [0.1, 0.15) is 18.7 Å². The summed E-state index contributed by atoms with van der Waals surface area (Å²) in [5, 5.41) is 17.4. The van der Waals surface area contributed by atoms with Crippen LogP contribution in [-0.4, -0.2) is 19.9 Å². The van der Waals surface area contributed by atoms with Gasteiger partial charge in [0.25, 0.3) is 0 Å². The van der Waals surface area contributed by atoms with E-state index in [-0.39, 0.29) is 0 Å². The van der Waals surface area contributed by atoms with E-state index in [0.29, 0.717) is 12.4 Å². The van der Waals surface area contributed by atoms with Crippen molar-refractivity contribution in [1.82, 2.24) is 14.8 Å². The molecule has 1 aromatic heterocycles. The van der Waals surface area contributed by atoms with Crippen LogP contribution in [0.15, 0.2) is 24.5 Å². The average molecular weight is 247 g/mol. The number of hydrogen-bond donors (Lipinski definition) is 1. The van der Waals surface area contributed by atoms with Crippen LogP contribution in [0.4, 0.5) is 0 Å². The lowest BCUT2D eigenvalue weighted by molar-refractivity contribution is 0.189. The Bertz CT molecular complexity index is 535. The highest BCUT2D eigenvalue weighted by Gasteiger charge is 2.10. The Hall–Kier alpha value is -1.88. The Balaban J connectivity index is 2.18. The van der Waals surface area contributed by atoms with Crippen molar-refractivity contribution in [3.05, 3.63) is 41.5 Å². The zero-order chi connectivity index (χ0) is 13.1. The second-order valence-corrected chi connectivity index (χ2v) is 4.36. The van der Waals surface area contributed by atoms with Gasteiger partial charge in [-0.1, -0.05) is 12.1 Å². The van der Waals surface area contributed by atoms with E-state index in [1.165, 1.54) is 0 Å². The van der Waals surface area contributed by atoms with Gasteiger partial charge >= 0.3 is 0 Å². The van der Waals surface area contributed by atoms with Crippen LogP contribution in [0.25, 0.3) is 0 Å². The molecule has 18 heavy (non-hydrogen) atoms. The van der Waals surface area contributed by atoms with E-state index in [2.05, 4.69) is 10.2 Å². The lowest BCUT2D eigenvalue weighted by Gasteiger charge is -2.13. The zero-order valence-electron chi connectivity index (χ0n) is 10.8. The van der Waals surface area contributed by atoms with Crippen molar-refractivity contribution < 1.29 is 9.84 Å². The molecule has 0 amide bonds. The summed E-state index contributed by atoms with van der Waals surface area (Å²) in [4.78, 5) is 0. The molecule has 1 N–H and O–H groups in total. The van der Waals surface area contributed by atoms with Crippen LogP contribution in [0.3, 0.4) is 0 Å². The molecule has 0 fully saturated rings. The number of aliphatic hydroxyl groups excluding tert-OH is 1. The summed E-state index contributed by atoms with van der Waals surface area (Å²) in [6.07, 6.45) is 1.07. The van der Waals surface area contributed by atoms with Crippen molar-refractivity contribution in [1.29, 1.82) is 0 Å². The Morgan fingerprint density at radius 2 is 2.22 bits per heavy atom. The molecular formula is C13H17N3O2. The predicted octanol–water partition coefficient (Wildman–Crippen LogP) is 1.76. The third-order valence-electron chi connectivity index (χ3n) is 2.78. The van der Waals surface area contributed by atoms with E-state index in [1.54, 1.807) is 17.8 Å². The molecule has 0 saturated heterocycles. The van der Waals surface area contributed by atoms with E-state index < -0.39 is 6.10 Å². The summed E-state index contributed by atoms with van der Waals surface area (Å²) >= 11 is 0. The molecular weight excluding hydrogens is 230 g/mol. The fourth-order valence-corrected chi connectivity index (χ4v) is 1.69. The van der Waals surface area contributed by atoms with Gasteiger partial charge in [-0.3, -0.25) is 0 Å². The lowest BCUT2D eigenvalue weighted by atomic mass is 10.1. The normalized spacial score (nSPS) is 12.4. The monoisotopic (exact) mass is 247 g/mol. The van der Waals surface area contributed by atoms with Gasteiger partial charge < -0.3 is 14.4 Å². The molecule has 1 heterocycles. The van der Waals surface area contributed by atoms with Crippen molar-refractivity contribution in [2.45, 2.75) is 26.6 Å². The standard InChI is InChI=1S/C13H17N3O2/c1-9-4-5-11(10(2)17)12(6-9)18-7-13-15-14-8-16(13)3/h4-6,8,10,17H,7H2,1-3H3/t10-/m1/s1. The first kappa shape index (κ1) is 12.6. The Labute approximate surface area is 106 Å². The number of aromatic nitrogens is 3. The zero-order valence-corrected chi connectivity index (χ0v) is 10.8. The van der Waals surface area contributed by atoms with Crippen molar-refractivity contribution in [3.8, 4) is 5.75 Å². The first-order chi connectivity index (χ1) is 8.58. The lowest BCUT2D eigenvalue weighted by Crippen LogP contribution is -2.05. The maximum atomic E-state index is 9.69. The first-order valence-electron chi connectivity index (χ1n) is 5.82. The van der Waals surface area contributed by atoms with Crippen molar-refractivity contribution in [3.63, 3.8) is 0 Å². The third kappa shape index (κ3) is 2.68. The molecule has 0 unspecified atom stereocenters. The summed E-state index contributed by atoms with van der Waals surface area (Å²) in [6.45, 7) is 4.04. The molecule has 1 atom stereocenters. The van der Waals surface area contributed by atoms with Crippen LogP contribution in [0, 0.1) is 6.92 Å². The number of ether oxygens (including phenoxy) is 1. The summed E-state index contributed by atoms with van der Waals surface area (Å²) < 4.78 is 7.52. The van der Waals surface area contributed by atoms with Crippen LogP contribution in [-0.2, 0) is 13.7 Å². The minimum absolute atomic E-state index is 0.333. The van der Waals surface area contributed by atoms with E-state index in [9.17, 15) is 5.11 Å². The minimum atomic E-state index is -0.555. The Morgan fingerprint density at radius 1 is 1.44 bits per heavy atom. The SMILES string of the molecule is Cc1ccc([C@@H](C)O)c(OCc2nncn2C)c1. The molecule has 5 heteroatoms. The summed E-state index contributed by atoms with van der Waals surface area (Å²) in [6, 6.07) is 5.75. The molecule has 2 aromatic rings. The first-order valence-corrected chi connectivity index (χ1v) is 5.82. The van der Waals surface area contributed by atoms with Gasteiger partial charge in [-0.15, -0.1) is 10.2 Å². The highest BCUT2D eigenvalue weighted by molar-refractivity contribution is 5.38. The highest BCUT2D eigenvalue weighted by atomic mass is 16.5. The largest absolute Gasteiger partial charge is 0.485 e. The van der Waals surface area contributed by atoms with Gasteiger partial charge in [0.2, 0.25) is 0 Å². The number of aliphatic hydroxyl groups is 1. The fourth-order valence-electron chi connectivity index (χ4n) is 1.69. The maximum Gasteiger partial charge on any atom is 0.170 e. The Morgan fingerprint density at radius 3 is 2.83 bits per heavy atom. The molecule has 0 bridgehead atoms. The van der Waals surface area contributed by atoms with Crippen molar-refractivity contribution >= 4 is 0 Å². The summed E-state index contributed by atoms with van der Waals surface area (Å²) in [7, 11) is 1.87. The van der Waals surface area contributed by atoms with Crippen LogP contribution < -0.4 is 4.74 Å². The van der Waals surface area contributed by atoms with Gasteiger partial charge in [-0.05, 0) is 25.5 Å². The summed E-state index contributed by atoms with van der Waals surface area (Å²) in [5.41, 5.74) is 1.87. The van der Waals surface area contributed by atoms with E-state index >= 15 is 0 Å². The molecule has 0 spiro atoms. The molecule has 0 radical (unpaired) electrons. The van der Waals surface area contributed by atoms with Crippen molar-refractivity contribution in [2.75, 3.05) is 0 Å². The van der Waals surface area contributed by atoms with E-state index in [4.69, 9.17) is 4.74 Å². The van der Waals surface area contributed by atoms with Crippen LogP contribution in [0.1, 0.15) is 30.0 Å². The second kappa shape index (κ2) is 5.18. The predicted molar refractivity (Wildman–Crippen MR) is 67.1 cm³/mol. The highest BCUT2D eigenvalue weighted by Crippen LogP contribution is 2.26. The topological polar surface area (TPSA) is 60.2 Å². The number of aryl methyl sites for hydroxylation is 2. The summed E-state index contributed by atoms with van der Waals surface area (Å²) in [5.74, 6) is 1.43.